The Kier molecular flexibility index (Phi) is 5.22. The first-order valence-corrected chi connectivity index (χ1v) is 10.7. The van der Waals surface area contributed by atoms with Gasteiger partial charge in [0.15, 0.2) is 0 Å². The van der Waals surface area contributed by atoms with E-state index in [1.807, 2.05) is 11.3 Å². The number of thiophene rings is 1. The van der Waals surface area contributed by atoms with Gasteiger partial charge in [-0.2, -0.15) is 0 Å². The number of halogens is 1. The molecule has 0 amide bonds. The van der Waals surface area contributed by atoms with Gasteiger partial charge in [-0.15, -0.1) is 11.3 Å². The summed E-state index contributed by atoms with van der Waals surface area (Å²) in [5.74, 6) is 0. The zero-order valence-electron chi connectivity index (χ0n) is 12.8. The van der Waals surface area contributed by atoms with Crippen LogP contribution in [0.25, 0.3) is 0 Å². The highest BCUT2D eigenvalue weighted by Gasteiger charge is 2.23. The molecule has 124 valence electrons. The molecular weight excluding hydrogens is 396 g/mol. The van der Waals surface area contributed by atoms with E-state index in [4.69, 9.17) is 0 Å². The fourth-order valence-corrected chi connectivity index (χ4v) is 5.76. The first kappa shape index (κ1) is 17.1. The molecule has 4 nitrogen and oxygen atoms in total. The molecule has 0 radical (unpaired) electrons. The second kappa shape index (κ2) is 7.03. The highest BCUT2D eigenvalue weighted by atomic mass is 79.9. The summed E-state index contributed by atoms with van der Waals surface area (Å²) in [6, 6.07) is 9.20. The average molecular weight is 415 g/mol. The summed E-state index contributed by atoms with van der Waals surface area (Å²) in [6.07, 6.45) is 1.05. The third-order valence-electron chi connectivity index (χ3n) is 4.16. The van der Waals surface area contributed by atoms with Crippen LogP contribution in [-0.4, -0.2) is 32.4 Å². The van der Waals surface area contributed by atoms with Gasteiger partial charge in [0.2, 0.25) is 10.0 Å². The Bertz CT molecular complexity index is 789. The first-order valence-electron chi connectivity index (χ1n) is 7.51. The van der Waals surface area contributed by atoms with Crippen LogP contribution in [0.2, 0.25) is 0 Å². The number of sulfonamides is 1. The van der Waals surface area contributed by atoms with E-state index in [1.165, 1.54) is 10.4 Å². The van der Waals surface area contributed by atoms with E-state index >= 15 is 0 Å². The molecule has 1 atom stereocenters. The molecule has 7 heteroatoms. The van der Waals surface area contributed by atoms with Crippen molar-refractivity contribution in [3.63, 3.8) is 0 Å². The zero-order chi connectivity index (χ0) is 16.4. The van der Waals surface area contributed by atoms with Crippen LogP contribution >= 0.6 is 27.3 Å². The summed E-state index contributed by atoms with van der Waals surface area (Å²) in [7, 11) is -3.50. The number of nitrogens with one attached hydrogen (secondary N) is 1. The van der Waals surface area contributed by atoms with Crippen molar-refractivity contribution in [3.8, 4) is 0 Å². The fraction of sp³-hybridized carbons (Fsp3) is 0.375. The van der Waals surface area contributed by atoms with Gasteiger partial charge in [0.1, 0.15) is 0 Å². The average Bonchev–Trinajstić information content (AvgIpc) is 3.00. The predicted molar refractivity (Wildman–Crippen MR) is 97.2 cm³/mol. The Morgan fingerprint density at radius 3 is 2.91 bits per heavy atom. The van der Waals surface area contributed by atoms with Gasteiger partial charge >= 0.3 is 0 Å². The number of rotatable bonds is 5. The highest BCUT2D eigenvalue weighted by molar-refractivity contribution is 9.10. The summed E-state index contributed by atoms with van der Waals surface area (Å²) >= 11 is 5.11. The number of fused-ring (bicyclic) bond motifs is 1. The molecular formula is C16H19BrN2O2S2. The van der Waals surface area contributed by atoms with Gasteiger partial charge in [-0.1, -0.05) is 12.1 Å². The Balaban J connectivity index is 1.63. The summed E-state index contributed by atoms with van der Waals surface area (Å²) in [6.45, 7) is 4.35. The van der Waals surface area contributed by atoms with Gasteiger partial charge in [-0.05, 0) is 58.4 Å². The van der Waals surface area contributed by atoms with Gasteiger partial charge in [0.25, 0.3) is 0 Å². The first-order chi connectivity index (χ1) is 11.0. The maximum atomic E-state index is 12.4. The lowest BCUT2D eigenvalue weighted by Crippen LogP contribution is -2.44. The van der Waals surface area contributed by atoms with E-state index in [2.05, 4.69) is 43.9 Å². The van der Waals surface area contributed by atoms with Crippen LogP contribution in [0.1, 0.15) is 17.4 Å². The van der Waals surface area contributed by atoms with Gasteiger partial charge in [0, 0.05) is 35.0 Å². The van der Waals surface area contributed by atoms with Crippen molar-refractivity contribution in [1.29, 1.82) is 0 Å². The standard InChI is InChI=1S/C16H19BrN2O2S2/c1-12(19-8-6-15-13(11-19)7-9-22-15)10-18-23(20,21)16-5-3-2-4-14(16)17/h2-5,7,9,12,18H,6,8,10-11H2,1H3. The highest BCUT2D eigenvalue weighted by Crippen LogP contribution is 2.25. The number of benzene rings is 1. The largest absolute Gasteiger partial charge is 0.295 e. The molecule has 2 aromatic rings. The van der Waals surface area contributed by atoms with E-state index in [9.17, 15) is 8.42 Å². The monoisotopic (exact) mass is 414 g/mol. The van der Waals surface area contributed by atoms with Crippen molar-refractivity contribution in [3.05, 3.63) is 50.6 Å². The van der Waals surface area contributed by atoms with Crippen LogP contribution in [0.3, 0.4) is 0 Å². The second-order valence-corrected chi connectivity index (χ2v) is 9.31. The lowest BCUT2D eigenvalue weighted by atomic mass is 10.1. The van der Waals surface area contributed by atoms with Crippen molar-refractivity contribution >= 4 is 37.3 Å². The third-order valence-corrected chi connectivity index (χ3v) is 7.61. The molecule has 0 fully saturated rings. The van der Waals surface area contributed by atoms with Crippen LogP contribution in [-0.2, 0) is 23.0 Å². The molecule has 0 spiro atoms. The smallest absolute Gasteiger partial charge is 0.241 e. The van der Waals surface area contributed by atoms with Crippen LogP contribution in [0.5, 0.6) is 0 Å². The van der Waals surface area contributed by atoms with Crippen LogP contribution in [0.15, 0.2) is 45.1 Å². The molecule has 1 aromatic carbocycles. The molecule has 0 bridgehead atoms. The minimum Gasteiger partial charge on any atom is -0.295 e. The van der Waals surface area contributed by atoms with Crippen LogP contribution in [0.4, 0.5) is 0 Å². The molecule has 2 heterocycles. The predicted octanol–water partition coefficient (Wildman–Crippen LogP) is 3.24. The Hall–Kier alpha value is -0.730. The Morgan fingerprint density at radius 1 is 1.35 bits per heavy atom. The van der Waals surface area contributed by atoms with E-state index in [0.717, 1.165) is 19.5 Å². The fourth-order valence-electron chi connectivity index (χ4n) is 2.75. The van der Waals surface area contributed by atoms with E-state index < -0.39 is 10.0 Å². The van der Waals surface area contributed by atoms with Gasteiger partial charge < -0.3 is 0 Å². The topological polar surface area (TPSA) is 49.4 Å². The molecule has 1 N–H and O–H groups in total. The summed E-state index contributed by atoms with van der Waals surface area (Å²) in [4.78, 5) is 4.07. The van der Waals surface area contributed by atoms with E-state index in [1.54, 1.807) is 24.3 Å². The summed E-state index contributed by atoms with van der Waals surface area (Å²) in [5.41, 5.74) is 1.38. The van der Waals surface area contributed by atoms with Crippen molar-refractivity contribution in [2.75, 3.05) is 13.1 Å². The lowest BCUT2D eigenvalue weighted by Gasteiger charge is -2.32. The minimum atomic E-state index is -3.50. The number of nitrogens with zero attached hydrogens (tertiary/aromatic N) is 1. The van der Waals surface area contributed by atoms with Crippen LogP contribution < -0.4 is 4.72 Å². The SMILES string of the molecule is CC(CNS(=O)(=O)c1ccccc1Br)N1CCc2sccc2C1. The van der Waals surface area contributed by atoms with Gasteiger partial charge in [0.05, 0.1) is 4.90 Å². The number of hydrogen-bond acceptors (Lipinski definition) is 4. The lowest BCUT2D eigenvalue weighted by molar-refractivity contribution is 0.193. The zero-order valence-corrected chi connectivity index (χ0v) is 16.0. The molecule has 1 unspecified atom stereocenters. The normalized spacial score (nSPS) is 17.0. The van der Waals surface area contributed by atoms with Crippen molar-refractivity contribution in [2.45, 2.75) is 30.8 Å². The van der Waals surface area contributed by atoms with Gasteiger partial charge in [-0.3, -0.25) is 4.90 Å². The van der Waals surface area contributed by atoms with Crippen molar-refractivity contribution < 1.29 is 8.42 Å². The van der Waals surface area contributed by atoms with Gasteiger partial charge in [-0.25, -0.2) is 13.1 Å². The molecule has 1 aliphatic rings. The molecule has 1 aromatic heterocycles. The Labute approximate surface area is 149 Å². The third kappa shape index (κ3) is 3.85. The van der Waals surface area contributed by atoms with Crippen molar-refractivity contribution in [1.82, 2.24) is 9.62 Å². The van der Waals surface area contributed by atoms with E-state index in [-0.39, 0.29) is 10.9 Å². The number of hydrogen-bond donors (Lipinski definition) is 1. The molecule has 1 aliphatic heterocycles. The second-order valence-electron chi connectivity index (χ2n) is 5.72. The molecule has 23 heavy (non-hydrogen) atoms. The van der Waals surface area contributed by atoms with Crippen LogP contribution in [0, 0.1) is 0 Å². The molecule has 0 aliphatic carbocycles. The van der Waals surface area contributed by atoms with E-state index in [0.29, 0.717) is 11.0 Å². The Morgan fingerprint density at radius 2 is 2.13 bits per heavy atom. The molecule has 3 rings (SSSR count). The van der Waals surface area contributed by atoms with Crippen molar-refractivity contribution in [2.24, 2.45) is 0 Å². The quantitative estimate of drug-likeness (QED) is 0.816. The summed E-state index contributed by atoms with van der Waals surface area (Å²) in [5, 5.41) is 2.13. The minimum absolute atomic E-state index is 0.153. The molecule has 0 saturated heterocycles. The summed E-state index contributed by atoms with van der Waals surface area (Å²) < 4.78 is 28.2. The maximum Gasteiger partial charge on any atom is 0.241 e. The maximum absolute atomic E-state index is 12.4. The molecule has 0 saturated carbocycles.